The fourth-order valence-corrected chi connectivity index (χ4v) is 2.33. The molecule has 2 heterocycles. The summed E-state index contributed by atoms with van der Waals surface area (Å²) in [6.45, 7) is 0.599. The first-order valence-electron chi connectivity index (χ1n) is 6.14. The molecule has 0 aliphatic carbocycles. The summed E-state index contributed by atoms with van der Waals surface area (Å²) in [4.78, 5) is 13.7. The summed E-state index contributed by atoms with van der Waals surface area (Å²) in [5.74, 6) is 2.76. The van der Waals surface area contributed by atoms with Crippen molar-refractivity contribution in [2.75, 3.05) is 11.4 Å². The van der Waals surface area contributed by atoms with E-state index in [1.807, 2.05) is 30.3 Å². The molecule has 1 aliphatic rings. The van der Waals surface area contributed by atoms with Crippen LogP contribution in [0.3, 0.4) is 0 Å². The second-order valence-electron chi connectivity index (χ2n) is 4.59. The van der Waals surface area contributed by atoms with Gasteiger partial charge in [0.15, 0.2) is 0 Å². The molecule has 0 bridgehead atoms. The van der Waals surface area contributed by atoms with E-state index in [0.717, 1.165) is 16.9 Å². The van der Waals surface area contributed by atoms with Gasteiger partial charge in [-0.3, -0.25) is 9.89 Å². The molecule has 0 spiro atoms. The van der Waals surface area contributed by atoms with Gasteiger partial charge in [-0.1, -0.05) is 12.1 Å². The second-order valence-corrected chi connectivity index (χ2v) is 4.59. The van der Waals surface area contributed by atoms with Crippen molar-refractivity contribution in [3.05, 3.63) is 36.5 Å². The van der Waals surface area contributed by atoms with Crippen LogP contribution in [0.4, 0.5) is 5.69 Å². The number of carbonyl (C=O) groups is 1. The Hall–Kier alpha value is -2.54. The zero-order valence-electron chi connectivity index (χ0n) is 10.3. The Kier molecular flexibility index (Phi) is 2.81. The molecule has 4 heteroatoms. The largest absolute Gasteiger partial charge is 0.311 e. The quantitative estimate of drug-likeness (QED) is 0.830. The highest BCUT2D eigenvalue weighted by molar-refractivity contribution is 5.96. The first kappa shape index (κ1) is 11.5. The van der Waals surface area contributed by atoms with E-state index in [1.165, 1.54) is 0 Å². The van der Waals surface area contributed by atoms with E-state index < -0.39 is 0 Å². The lowest BCUT2D eigenvalue weighted by atomic mass is 10.1. The summed E-state index contributed by atoms with van der Waals surface area (Å²) in [5.41, 5.74) is 2.82. The predicted molar refractivity (Wildman–Crippen MR) is 73.3 cm³/mol. The number of rotatable bonds is 2. The van der Waals surface area contributed by atoms with Crippen LogP contribution >= 0.6 is 0 Å². The Morgan fingerprint density at radius 1 is 1.42 bits per heavy atom. The Morgan fingerprint density at radius 2 is 2.32 bits per heavy atom. The molecule has 94 valence electrons. The van der Waals surface area contributed by atoms with Crippen molar-refractivity contribution in [2.24, 2.45) is 5.92 Å². The van der Waals surface area contributed by atoms with E-state index in [-0.39, 0.29) is 11.8 Å². The molecular weight excluding hydrogens is 238 g/mol. The predicted octanol–water partition coefficient (Wildman–Crippen LogP) is 2.06. The standard InChI is InChI=1S/C15H13N3O/c1-2-11-8-15(19)18(10-11)13-5-3-4-12(9-13)14-6-7-16-17-14/h1,3-7,9,11H,8,10H2,(H,16,17). The molecule has 19 heavy (non-hydrogen) atoms. The highest BCUT2D eigenvalue weighted by atomic mass is 16.2. The number of amides is 1. The minimum absolute atomic E-state index is 0.0170. The molecule has 1 atom stereocenters. The molecule has 4 nitrogen and oxygen atoms in total. The SMILES string of the molecule is C#CC1CC(=O)N(c2cccc(-c3ccn[nH]3)c2)C1. The van der Waals surface area contributed by atoms with Gasteiger partial charge in [0.2, 0.25) is 5.91 Å². The van der Waals surface area contributed by atoms with E-state index in [1.54, 1.807) is 11.1 Å². The summed E-state index contributed by atoms with van der Waals surface area (Å²) < 4.78 is 0. The van der Waals surface area contributed by atoms with Gasteiger partial charge in [-0.05, 0) is 18.2 Å². The van der Waals surface area contributed by atoms with Crippen molar-refractivity contribution in [2.45, 2.75) is 6.42 Å². The van der Waals surface area contributed by atoms with Crippen molar-refractivity contribution < 1.29 is 4.79 Å². The zero-order valence-corrected chi connectivity index (χ0v) is 10.3. The lowest BCUT2D eigenvalue weighted by Crippen LogP contribution is -2.24. The van der Waals surface area contributed by atoms with Crippen molar-refractivity contribution >= 4 is 11.6 Å². The minimum atomic E-state index is 0.0170. The number of H-pyrrole nitrogens is 1. The smallest absolute Gasteiger partial charge is 0.228 e. The molecule has 1 aromatic heterocycles. The van der Waals surface area contributed by atoms with Crippen molar-refractivity contribution in [3.8, 4) is 23.6 Å². The molecule has 2 aromatic rings. The monoisotopic (exact) mass is 251 g/mol. The number of aromatic nitrogens is 2. The van der Waals surface area contributed by atoms with Crippen LogP contribution in [-0.2, 0) is 4.79 Å². The Morgan fingerprint density at radius 3 is 3.00 bits per heavy atom. The molecule has 1 N–H and O–H groups in total. The van der Waals surface area contributed by atoms with Crippen LogP contribution in [0.15, 0.2) is 36.5 Å². The average molecular weight is 251 g/mol. The van der Waals surface area contributed by atoms with Crippen molar-refractivity contribution in [3.63, 3.8) is 0 Å². The minimum Gasteiger partial charge on any atom is -0.311 e. The fraction of sp³-hybridized carbons (Fsp3) is 0.200. The summed E-state index contributed by atoms with van der Waals surface area (Å²) in [5, 5.41) is 6.85. The number of aromatic amines is 1. The third-order valence-corrected chi connectivity index (χ3v) is 3.33. The van der Waals surface area contributed by atoms with Crippen LogP contribution in [0, 0.1) is 18.3 Å². The number of hydrogen-bond donors (Lipinski definition) is 1. The maximum absolute atomic E-state index is 12.0. The molecule has 1 unspecified atom stereocenters. The van der Waals surface area contributed by atoms with Gasteiger partial charge in [-0.25, -0.2) is 0 Å². The zero-order chi connectivity index (χ0) is 13.2. The van der Waals surface area contributed by atoms with E-state index in [4.69, 9.17) is 6.42 Å². The summed E-state index contributed by atoms with van der Waals surface area (Å²) in [7, 11) is 0. The van der Waals surface area contributed by atoms with Crippen molar-refractivity contribution in [1.29, 1.82) is 0 Å². The number of anilines is 1. The van der Waals surface area contributed by atoms with Gasteiger partial charge in [-0.2, -0.15) is 5.10 Å². The molecule has 0 radical (unpaired) electrons. The normalized spacial score (nSPS) is 18.6. The second kappa shape index (κ2) is 4.62. The van der Waals surface area contributed by atoms with Crippen LogP contribution in [0.2, 0.25) is 0 Å². The molecule has 1 saturated heterocycles. The maximum atomic E-state index is 12.0. The topological polar surface area (TPSA) is 49.0 Å². The number of hydrogen-bond acceptors (Lipinski definition) is 2. The Labute approximate surface area is 111 Å². The highest BCUT2D eigenvalue weighted by Gasteiger charge is 2.29. The average Bonchev–Trinajstić information content (AvgIpc) is 3.08. The molecule has 0 saturated carbocycles. The molecule has 1 aliphatic heterocycles. The first-order chi connectivity index (χ1) is 9.28. The molecule has 1 fully saturated rings. The number of nitrogens with one attached hydrogen (secondary N) is 1. The summed E-state index contributed by atoms with van der Waals surface area (Å²) >= 11 is 0. The van der Waals surface area contributed by atoms with Gasteiger partial charge in [0.05, 0.1) is 5.69 Å². The summed E-state index contributed by atoms with van der Waals surface area (Å²) in [6.07, 6.45) is 7.54. The highest BCUT2D eigenvalue weighted by Crippen LogP contribution is 2.28. The van der Waals surface area contributed by atoms with Crippen LogP contribution in [-0.4, -0.2) is 22.6 Å². The number of terminal acetylenes is 1. The number of benzene rings is 1. The van der Waals surface area contributed by atoms with Gasteiger partial charge in [0.25, 0.3) is 0 Å². The maximum Gasteiger partial charge on any atom is 0.228 e. The number of nitrogens with zero attached hydrogens (tertiary/aromatic N) is 2. The van der Waals surface area contributed by atoms with E-state index in [9.17, 15) is 4.79 Å². The molecule has 3 rings (SSSR count). The van der Waals surface area contributed by atoms with Crippen LogP contribution in [0.5, 0.6) is 0 Å². The van der Waals surface area contributed by atoms with E-state index in [0.29, 0.717) is 13.0 Å². The van der Waals surface area contributed by atoms with Gasteiger partial charge in [0, 0.05) is 36.3 Å². The van der Waals surface area contributed by atoms with Gasteiger partial charge < -0.3 is 4.90 Å². The lowest BCUT2D eigenvalue weighted by molar-refractivity contribution is -0.117. The van der Waals surface area contributed by atoms with E-state index in [2.05, 4.69) is 16.1 Å². The molecular formula is C15H13N3O. The Balaban J connectivity index is 1.92. The van der Waals surface area contributed by atoms with Crippen LogP contribution in [0.25, 0.3) is 11.3 Å². The van der Waals surface area contributed by atoms with Gasteiger partial charge >= 0.3 is 0 Å². The molecule has 1 aromatic carbocycles. The van der Waals surface area contributed by atoms with Gasteiger partial charge in [0.1, 0.15) is 0 Å². The number of carbonyl (C=O) groups excluding carboxylic acids is 1. The fourth-order valence-electron chi connectivity index (χ4n) is 2.33. The Bertz CT molecular complexity index is 640. The van der Waals surface area contributed by atoms with Crippen molar-refractivity contribution in [1.82, 2.24) is 10.2 Å². The first-order valence-corrected chi connectivity index (χ1v) is 6.14. The van der Waals surface area contributed by atoms with Gasteiger partial charge in [-0.15, -0.1) is 12.3 Å². The van der Waals surface area contributed by atoms with E-state index >= 15 is 0 Å². The van der Waals surface area contributed by atoms with Crippen LogP contribution < -0.4 is 4.90 Å². The van der Waals surface area contributed by atoms with Crippen LogP contribution in [0.1, 0.15) is 6.42 Å². The third kappa shape index (κ3) is 2.11. The summed E-state index contributed by atoms with van der Waals surface area (Å²) in [6, 6.07) is 9.72. The molecule has 1 amide bonds. The lowest BCUT2D eigenvalue weighted by Gasteiger charge is -2.16. The third-order valence-electron chi connectivity index (χ3n) is 3.33.